The van der Waals surface area contributed by atoms with Crippen molar-refractivity contribution in [2.75, 3.05) is 39.4 Å². The van der Waals surface area contributed by atoms with Crippen LogP contribution in [0.1, 0.15) is 111 Å². The zero-order chi connectivity index (χ0) is 70.1. The maximum absolute atomic E-state index is 14.4. The molecular weight excluding hydrogens is 1220 g/mol. The number of nitrogens with one attached hydrogen (secondary N) is 9. The van der Waals surface area contributed by atoms with Crippen molar-refractivity contribution in [2.45, 2.75) is 178 Å². The van der Waals surface area contributed by atoms with Gasteiger partial charge in [0, 0.05) is 32.6 Å². The molecule has 36 heteroatoms. The van der Waals surface area contributed by atoms with E-state index in [-0.39, 0.29) is 127 Å². The highest BCUT2D eigenvalue weighted by atomic mass is 16.3. The first kappa shape index (κ1) is 79.6. The van der Waals surface area contributed by atoms with Crippen LogP contribution in [0, 0.1) is 11.8 Å². The monoisotopic (exact) mass is 1310 g/mol. The van der Waals surface area contributed by atoms with Crippen molar-refractivity contribution >= 4 is 88.8 Å². The summed E-state index contributed by atoms with van der Waals surface area (Å²) in [6, 6.07) is -6.94. The van der Waals surface area contributed by atoms with E-state index in [0.29, 0.717) is 5.56 Å². The first-order chi connectivity index (χ1) is 43.8. The van der Waals surface area contributed by atoms with E-state index in [1.165, 1.54) is 6.92 Å². The Morgan fingerprint density at radius 1 is 0.484 bits per heavy atom. The molecule has 1 aliphatic rings. The van der Waals surface area contributed by atoms with E-state index in [9.17, 15) is 67.7 Å². The van der Waals surface area contributed by atoms with E-state index in [2.05, 4.69) is 62.8 Å². The summed E-state index contributed by atoms with van der Waals surface area (Å²) in [5.41, 5.74) is 50.3. The summed E-state index contributed by atoms with van der Waals surface area (Å²) in [6.45, 7) is 6.23. The fourth-order valence-electron chi connectivity index (χ4n) is 9.57. The molecule has 93 heavy (non-hydrogen) atoms. The number of nitrogens with two attached hydrogens (primary N) is 9. The van der Waals surface area contributed by atoms with E-state index in [0.717, 1.165) is 4.90 Å². The summed E-state index contributed by atoms with van der Waals surface area (Å²) in [6.07, 6.45) is -0.464. The summed E-state index contributed by atoms with van der Waals surface area (Å²) >= 11 is 0. The zero-order valence-electron chi connectivity index (χ0n) is 53.4. The highest BCUT2D eigenvalue weighted by Gasteiger charge is 2.41. The predicted octanol–water partition coefficient (Wildman–Crippen LogP) is -8.47. The minimum absolute atomic E-state index is 0.00275. The normalized spacial score (nSPS) is 15.9. The number of nitrogens with zero attached hydrogens (tertiary/aromatic N) is 4. The van der Waals surface area contributed by atoms with E-state index in [4.69, 9.17) is 51.6 Å². The third-order valence-corrected chi connectivity index (χ3v) is 14.3. The molecule has 1 saturated heterocycles. The average Bonchev–Trinajstić information content (AvgIpc) is 1.88. The number of hydrogen-bond acceptors (Lipinski definition) is 18. The van der Waals surface area contributed by atoms with Crippen molar-refractivity contribution in [3.8, 4) is 0 Å². The van der Waals surface area contributed by atoms with Gasteiger partial charge in [-0.3, -0.25) is 72.5 Å². The number of guanidine groups is 3. The summed E-state index contributed by atoms with van der Waals surface area (Å²) in [5.74, 6) is -12.3. The lowest BCUT2D eigenvalue weighted by molar-refractivity contribution is -0.143. The Kier molecular flexibility index (Phi) is 35.2. The van der Waals surface area contributed by atoms with Gasteiger partial charge in [0.25, 0.3) is 0 Å². The van der Waals surface area contributed by atoms with Crippen molar-refractivity contribution in [3.63, 3.8) is 0 Å². The second kappa shape index (κ2) is 41.1. The summed E-state index contributed by atoms with van der Waals surface area (Å²) in [5, 5.41) is 43.6. The second-order valence-corrected chi connectivity index (χ2v) is 23.3. The topological polar surface area (TPSA) is 628 Å². The third kappa shape index (κ3) is 30.0. The van der Waals surface area contributed by atoms with Crippen LogP contribution in [-0.4, -0.2) is 210 Å². The molecule has 1 aliphatic heterocycles. The minimum atomic E-state index is -1.75. The molecule has 1 heterocycles. The molecule has 29 N–H and O–H groups in total. The molecule has 0 aliphatic carbocycles. The number of benzene rings is 1. The summed E-state index contributed by atoms with van der Waals surface area (Å²) < 4.78 is 0. The Balaban J connectivity index is 2.40. The molecule has 36 nitrogen and oxygen atoms in total. The molecule has 1 fully saturated rings. The zero-order valence-corrected chi connectivity index (χ0v) is 53.4. The fraction of sp³-hybridized carbons (Fsp3) is 0.632. The summed E-state index contributed by atoms with van der Waals surface area (Å²) in [7, 11) is 0. The van der Waals surface area contributed by atoms with Crippen LogP contribution >= 0.6 is 0 Å². The standard InChI is InChI=1S/C57H98N22O14/c1-29(2)23-37(49(88)70-33(15-9-19-67-55(61)62)46(85)73-36(44(60)83)25-32-13-7-6-8-14-32)75-47(86)34(16-10-20-68-56(63)64)71-50(89)38(24-30(3)4)76-52(91)40(27-80)77-53(92)42-18-12-22-79(42)54(93)41(28-81)78-48(87)35(17-11-21-69-57(65)66)72-51(90)39(26-43(59)82)74-45(84)31(5)58/h6-8,13-14,29-31,33-42,80-81H,9-12,15-28,58H2,1-5H3,(H2,59,82)(H2,60,83)(H,70,88)(H,71,89)(H,72,90)(H,73,85)(H,74,84)(H,75,86)(H,76,91)(H,77,92)(H,78,87)(H4,61,62,67)(H4,63,64,68)(H4,65,66,69)/t31-,33-,34-,35-,36-,37-,38+,39-,40-,41-,42+/m0/s1. The van der Waals surface area contributed by atoms with Gasteiger partial charge in [-0.15, -0.1) is 0 Å². The average molecular weight is 1320 g/mol. The lowest BCUT2D eigenvalue weighted by Gasteiger charge is -2.30. The number of hydrogen-bond donors (Lipinski definition) is 20. The largest absolute Gasteiger partial charge is 0.394 e. The van der Waals surface area contributed by atoms with Crippen LogP contribution in [0.4, 0.5) is 0 Å². The number of aliphatic hydroxyl groups excluding tert-OH is 2. The van der Waals surface area contributed by atoms with Crippen molar-refractivity contribution in [1.29, 1.82) is 0 Å². The van der Waals surface area contributed by atoms with Gasteiger partial charge in [0.15, 0.2) is 17.9 Å². The number of amides is 12. The first-order valence-corrected chi connectivity index (χ1v) is 30.6. The number of aliphatic imine (C=N–C) groups is 3. The van der Waals surface area contributed by atoms with Crippen molar-refractivity contribution in [2.24, 2.45) is 78.4 Å². The van der Waals surface area contributed by atoms with Gasteiger partial charge in [0.2, 0.25) is 70.9 Å². The smallest absolute Gasteiger partial charge is 0.248 e. The predicted molar refractivity (Wildman–Crippen MR) is 342 cm³/mol. The molecule has 2 rings (SSSR count). The Hall–Kier alpha value is -9.45. The van der Waals surface area contributed by atoms with Gasteiger partial charge >= 0.3 is 0 Å². The fourth-order valence-corrected chi connectivity index (χ4v) is 9.57. The maximum atomic E-state index is 14.4. The van der Waals surface area contributed by atoms with Gasteiger partial charge in [-0.2, -0.15) is 0 Å². The molecule has 0 aromatic heterocycles. The van der Waals surface area contributed by atoms with Crippen LogP contribution in [-0.2, 0) is 64.0 Å². The molecule has 0 unspecified atom stereocenters. The minimum Gasteiger partial charge on any atom is -0.394 e. The molecule has 0 spiro atoms. The van der Waals surface area contributed by atoms with Gasteiger partial charge in [0.05, 0.1) is 25.7 Å². The van der Waals surface area contributed by atoms with Gasteiger partial charge in [-0.1, -0.05) is 58.0 Å². The van der Waals surface area contributed by atoms with Crippen LogP contribution in [0.15, 0.2) is 45.3 Å². The Bertz CT molecular complexity index is 2780. The Morgan fingerprint density at radius 3 is 1.23 bits per heavy atom. The van der Waals surface area contributed by atoms with E-state index in [1.54, 1.807) is 58.0 Å². The van der Waals surface area contributed by atoms with Gasteiger partial charge < -0.3 is 115 Å². The van der Waals surface area contributed by atoms with E-state index >= 15 is 0 Å². The lowest BCUT2D eigenvalue weighted by atomic mass is 10.00. The summed E-state index contributed by atoms with van der Waals surface area (Å²) in [4.78, 5) is 176. The second-order valence-electron chi connectivity index (χ2n) is 23.3. The Labute approximate surface area is 539 Å². The number of likely N-dealkylation sites (tertiary alicyclic amines) is 1. The molecular formula is C57H98N22O14. The van der Waals surface area contributed by atoms with E-state index in [1.807, 2.05) is 0 Å². The van der Waals surface area contributed by atoms with Crippen molar-refractivity contribution < 1.29 is 67.7 Å². The maximum Gasteiger partial charge on any atom is 0.248 e. The van der Waals surface area contributed by atoms with Crippen LogP contribution in [0.5, 0.6) is 0 Å². The van der Waals surface area contributed by atoms with Gasteiger partial charge in [0.1, 0.15) is 60.4 Å². The molecule has 1 aromatic rings. The Morgan fingerprint density at radius 2 is 0.849 bits per heavy atom. The molecule has 1 aromatic carbocycles. The van der Waals surface area contributed by atoms with Gasteiger partial charge in [-0.25, -0.2) is 0 Å². The van der Waals surface area contributed by atoms with Crippen molar-refractivity contribution in [3.05, 3.63) is 35.9 Å². The lowest BCUT2D eigenvalue weighted by Crippen LogP contribution is -2.61. The molecule has 520 valence electrons. The SMILES string of the molecule is CC(C)C[C@H](NC(=O)[C@H](CCCN=C(N)N)NC(=O)[C@@H](CC(C)C)NC(=O)[C@H](CO)NC(=O)[C@H]1CCCN1C(=O)[C@H](CO)NC(=O)[C@H](CCCN=C(N)N)NC(=O)[C@H](CC(N)=O)NC(=O)[C@H](C)N)C(=O)N[C@@H](CCCN=C(N)N)C(=O)N[C@@H](Cc1ccccc1)C(N)=O. The number of carbonyl (C=O) groups is 12. The third-order valence-electron chi connectivity index (χ3n) is 14.3. The van der Waals surface area contributed by atoms with Crippen LogP contribution in [0.2, 0.25) is 0 Å². The molecule has 11 atom stereocenters. The number of carbonyl (C=O) groups excluding carboxylic acids is 12. The highest BCUT2D eigenvalue weighted by molar-refractivity contribution is 6.00. The first-order valence-electron chi connectivity index (χ1n) is 30.6. The van der Waals surface area contributed by atoms with E-state index < -0.39 is 157 Å². The molecule has 0 saturated carbocycles. The number of aliphatic hydroxyl groups is 2. The highest BCUT2D eigenvalue weighted by Crippen LogP contribution is 2.20. The van der Waals surface area contributed by atoms with Crippen LogP contribution in [0.3, 0.4) is 0 Å². The van der Waals surface area contributed by atoms with Crippen LogP contribution in [0.25, 0.3) is 0 Å². The molecule has 0 radical (unpaired) electrons. The quantitative estimate of drug-likeness (QED) is 0.0164. The number of primary amides is 2. The van der Waals surface area contributed by atoms with Gasteiger partial charge in [-0.05, 0) is 88.5 Å². The van der Waals surface area contributed by atoms with Crippen LogP contribution < -0.4 is 99.5 Å². The molecule has 0 bridgehead atoms. The molecule has 12 amide bonds. The van der Waals surface area contributed by atoms with Crippen molar-refractivity contribution in [1.82, 2.24) is 52.8 Å². The number of rotatable bonds is 42.